The number of nitrogens with zero attached hydrogens (tertiary/aromatic N) is 6. The lowest BCUT2D eigenvalue weighted by Crippen LogP contribution is -2.16. The zero-order valence-corrected chi connectivity index (χ0v) is 16.8. The van der Waals surface area contributed by atoms with Gasteiger partial charge in [-0.3, -0.25) is 14.1 Å². The first-order valence-electron chi connectivity index (χ1n) is 9.81. The van der Waals surface area contributed by atoms with Gasteiger partial charge in [-0.1, -0.05) is 18.2 Å². The van der Waals surface area contributed by atoms with Crippen LogP contribution in [-0.4, -0.2) is 30.2 Å². The second-order valence-electron chi connectivity index (χ2n) is 6.91. The van der Waals surface area contributed by atoms with Gasteiger partial charge < -0.3 is 11.1 Å². The summed E-state index contributed by atoms with van der Waals surface area (Å²) >= 11 is 0. The third-order valence-corrected chi connectivity index (χ3v) is 4.90. The minimum absolute atomic E-state index is 0.254. The normalized spacial score (nSPS) is 10.8. The molecular weight excluding hydrogens is 404 g/mol. The molecule has 0 atom stereocenters. The van der Waals surface area contributed by atoms with Crippen LogP contribution in [0.4, 0.5) is 28.8 Å². The van der Waals surface area contributed by atoms with Gasteiger partial charge in [0, 0.05) is 11.8 Å². The molecule has 0 spiro atoms. The van der Waals surface area contributed by atoms with Crippen LogP contribution in [0, 0.1) is 0 Å². The van der Waals surface area contributed by atoms with Crippen molar-refractivity contribution >= 4 is 40.4 Å². The molecule has 5 aromatic rings. The summed E-state index contributed by atoms with van der Waals surface area (Å²) in [6.07, 6.45) is 6.53. The van der Waals surface area contributed by atoms with Crippen molar-refractivity contribution in [1.29, 1.82) is 0 Å². The van der Waals surface area contributed by atoms with Gasteiger partial charge in [-0.2, -0.15) is 0 Å². The summed E-state index contributed by atoms with van der Waals surface area (Å²) in [5.74, 6) is 0.928. The lowest BCUT2D eigenvalue weighted by Gasteiger charge is -2.22. The van der Waals surface area contributed by atoms with Crippen LogP contribution >= 0.6 is 0 Å². The van der Waals surface area contributed by atoms with Crippen molar-refractivity contribution in [3.05, 3.63) is 97.3 Å². The van der Waals surface area contributed by atoms with Gasteiger partial charge in [-0.15, -0.1) is 0 Å². The van der Waals surface area contributed by atoms with Gasteiger partial charge in [0.2, 0.25) is 5.95 Å². The quantitative estimate of drug-likeness (QED) is 0.414. The van der Waals surface area contributed by atoms with Crippen molar-refractivity contribution in [3.63, 3.8) is 0 Å². The number of nitrogen functional groups attached to an aromatic ring is 1. The van der Waals surface area contributed by atoms with Gasteiger partial charge in [0.25, 0.3) is 5.91 Å². The third-order valence-electron chi connectivity index (χ3n) is 4.90. The second-order valence-corrected chi connectivity index (χ2v) is 6.91. The fourth-order valence-corrected chi connectivity index (χ4v) is 3.35. The molecule has 0 fully saturated rings. The maximum Gasteiger partial charge on any atom is 0.255 e. The first-order valence-corrected chi connectivity index (χ1v) is 9.81. The first-order chi connectivity index (χ1) is 15.7. The van der Waals surface area contributed by atoms with E-state index in [9.17, 15) is 4.79 Å². The van der Waals surface area contributed by atoms with E-state index in [1.54, 1.807) is 30.5 Å². The van der Waals surface area contributed by atoms with E-state index in [0.717, 1.165) is 17.2 Å². The Labute approximate surface area is 183 Å². The van der Waals surface area contributed by atoms with E-state index in [4.69, 9.17) is 5.73 Å². The molecule has 1 amide bonds. The SMILES string of the molecule is Nc1ccccc1NC(=O)c1ccc(N(c2ncncn2)c2cnc3ccccn23)cc1. The Morgan fingerprint density at radius 2 is 1.66 bits per heavy atom. The number of amides is 1. The topological polar surface area (TPSA) is 114 Å². The van der Waals surface area contributed by atoms with Crippen LogP contribution in [-0.2, 0) is 0 Å². The Bertz CT molecular complexity index is 1380. The van der Waals surface area contributed by atoms with Crippen LogP contribution in [0.15, 0.2) is 91.8 Å². The van der Waals surface area contributed by atoms with E-state index in [1.807, 2.05) is 58.0 Å². The number of nitrogens with one attached hydrogen (secondary N) is 1. The Balaban J connectivity index is 1.50. The molecule has 0 unspecified atom stereocenters. The summed E-state index contributed by atoms with van der Waals surface area (Å²) in [6, 6.07) is 20.0. The highest BCUT2D eigenvalue weighted by Gasteiger charge is 2.19. The zero-order valence-electron chi connectivity index (χ0n) is 16.8. The summed E-state index contributed by atoms with van der Waals surface area (Å²) in [5.41, 5.74) is 9.04. The molecule has 9 heteroatoms. The van der Waals surface area contributed by atoms with Crippen molar-refractivity contribution in [2.45, 2.75) is 0 Å². The summed E-state index contributed by atoms with van der Waals surface area (Å²) in [6.45, 7) is 0. The number of hydrogen-bond donors (Lipinski definition) is 2. The molecule has 0 aliphatic rings. The summed E-state index contributed by atoms with van der Waals surface area (Å²) in [5, 5.41) is 2.83. The van der Waals surface area contributed by atoms with Crippen molar-refractivity contribution in [2.75, 3.05) is 16.0 Å². The lowest BCUT2D eigenvalue weighted by atomic mass is 10.1. The van der Waals surface area contributed by atoms with Crippen LogP contribution in [0.25, 0.3) is 5.65 Å². The van der Waals surface area contributed by atoms with Crippen molar-refractivity contribution in [3.8, 4) is 0 Å². The Morgan fingerprint density at radius 1 is 0.906 bits per heavy atom. The summed E-state index contributed by atoms with van der Waals surface area (Å²) < 4.78 is 1.93. The molecule has 0 aliphatic heterocycles. The molecule has 2 aromatic carbocycles. The Morgan fingerprint density at radius 3 is 2.44 bits per heavy atom. The maximum absolute atomic E-state index is 12.7. The predicted molar refractivity (Wildman–Crippen MR) is 122 cm³/mol. The van der Waals surface area contributed by atoms with Crippen LogP contribution in [0.2, 0.25) is 0 Å². The summed E-state index contributed by atoms with van der Waals surface area (Å²) in [7, 11) is 0. The number of carbonyl (C=O) groups excluding carboxylic acids is 1. The number of para-hydroxylation sites is 2. The highest BCUT2D eigenvalue weighted by molar-refractivity contribution is 6.06. The number of anilines is 5. The highest BCUT2D eigenvalue weighted by atomic mass is 16.1. The molecule has 0 radical (unpaired) electrons. The van der Waals surface area contributed by atoms with Crippen molar-refractivity contribution in [1.82, 2.24) is 24.3 Å². The lowest BCUT2D eigenvalue weighted by molar-refractivity contribution is 0.102. The van der Waals surface area contributed by atoms with Gasteiger partial charge in [-0.25, -0.2) is 19.9 Å². The Kier molecular flexibility index (Phi) is 4.89. The largest absolute Gasteiger partial charge is 0.397 e. The van der Waals surface area contributed by atoms with Crippen LogP contribution < -0.4 is 16.0 Å². The number of rotatable bonds is 5. The summed E-state index contributed by atoms with van der Waals surface area (Å²) in [4.78, 5) is 31.5. The maximum atomic E-state index is 12.7. The van der Waals surface area contributed by atoms with Gasteiger partial charge in [0.15, 0.2) is 0 Å². The number of imidazole rings is 1. The van der Waals surface area contributed by atoms with E-state index >= 15 is 0 Å². The van der Waals surface area contributed by atoms with Gasteiger partial charge >= 0.3 is 0 Å². The van der Waals surface area contributed by atoms with E-state index < -0.39 is 0 Å². The molecular formula is C23H18N8O. The van der Waals surface area contributed by atoms with Crippen molar-refractivity contribution in [2.24, 2.45) is 0 Å². The van der Waals surface area contributed by atoms with E-state index in [0.29, 0.717) is 22.9 Å². The first kappa shape index (κ1) is 19.2. The predicted octanol–water partition coefficient (Wildman–Crippen LogP) is 3.82. The number of fused-ring (bicyclic) bond motifs is 1. The van der Waals surface area contributed by atoms with Gasteiger partial charge in [0.05, 0.1) is 23.3 Å². The van der Waals surface area contributed by atoms with Gasteiger partial charge in [-0.05, 0) is 48.5 Å². The molecule has 3 heterocycles. The van der Waals surface area contributed by atoms with E-state index in [2.05, 4.69) is 25.3 Å². The zero-order chi connectivity index (χ0) is 21.9. The molecule has 0 aliphatic carbocycles. The monoisotopic (exact) mass is 422 g/mol. The third kappa shape index (κ3) is 3.58. The minimum atomic E-state index is -0.254. The number of carbonyl (C=O) groups is 1. The molecule has 3 N–H and O–H groups in total. The fraction of sp³-hybridized carbons (Fsp3) is 0. The average molecular weight is 422 g/mol. The number of nitrogens with two attached hydrogens (primary N) is 1. The number of hydrogen-bond acceptors (Lipinski definition) is 7. The molecule has 0 saturated carbocycles. The molecule has 0 bridgehead atoms. The second kappa shape index (κ2) is 8.15. The Hall–Kier alpha value is -4.79. The van der Waals surface area contributed by atoms with E-state index in [1.165, 1.54) is 12.7 Å². The van der Waals surface area contributed by atoms with Crippen LogP contribution in [0.5, 0.6) is 0 Å². The highest BCUT2D eigenvalue weighted by Crippen LogP contribution is 2.32. The standard InChI is InChI=1S/C23H18N8O/c24-18-5-1-2-6-19(18)29-22(32)16-8-10-17(11-9-16)31(23-27-14-25-15-28-23)21-13-26-20-7-3-4-12-30(20)21/h1-15H,24H2,(H,29,32). The fourth-order valence-electron chi connectivity index (χ4n) is 3.35. The van der Waals surface area contributed by atoms with Crippen molar-refractivity contribution < 1.29 is 4.79 Å². The average Bonchev–Trinajstić information content (AvgIpc) is 3.26. The van der Waals surface area contributed by atoms with Gasteiger partial charge in [0.1, 0.15) is 24.1 Å². The van der Waals surface area contributed by atoms with E-state index in [-0.39, 0.29) is 5.91 Å². The molecule has 32 heavy (non-hydrogen) atoms. The molecule has 9 nitrogen and oxygen atoms in total. The number of pyridine rings is 1. The van der Waals surface area contributed by atoms with Crippen LogP contribution in [0.3, 0.4) is 0 Å². The molecule has 5 rings (SSSR count). The van der Waals surface area contributed by atoms with Crippen LogP contribution in [0.1, 0.15) is 10.4 Å². The number of benzene rings is 2. The smallest absolute Gasteiger partial charge is 0.255 e. The molecule has 156 valence electrons. The number of aromatic nitrogens is 5. The molecule has 3 aromatic heterocycles. The molecule has 0 saturated heterocycles. The minimum Gasteiger partial charge on any atom is -0.397 e.